The number of benzene rings is 1. The van der Waals surface area contributed by atoms with Crippen molar-refractivity contribution in [2.45, 2.75) is 50.7 Å². The number of rotatable bonds is 7. The number of ether oxygens (including phenoxy) is 2. The monoisotopic (exact) mass is 367 g/mol. The molecule has 1 saturated carbocycles. The first kappa shape index (κ1) is 19.8. The maximum atomic E-state index is 12.5. The summed E-state index contributed by atoms with van der Waals surface area (Å²) in [4.78, 5) is 12.2. The largest absolute Gasteiger partial charge is 0.493 e. The number of carbonyl (C=O) groups is 1. The summed E-state index contributed by atoms with van der Waals surface area (Å²) in [5, 5.41) is 15.2. The Bertz CT molecular complexity index is 654. The average molecular weight is 367 g/mol. The van der Waals surface area contributed by atoms with Crippen molar-refractivity contribution in [2.75, 3.05) is 19.0 Å². The zero-order valence-corrected chi connectivity index (χ0v) is 14.7. The number of halogens is 2. The predicted molar refractivity (Wildman–Crippen MR) is 92.3 cm³/mol. The van der Waals surface area contributed by atoms with Gasteiger partial charge in [-0.15, -0.1) is 0 Å². The van der Waals surface area contributed by atoms with Crippen molar-refractivity contribution in [1.29, 1.82) is 5.26 Å². The van der Waals surface area contributed by atoms with Gasteiger partial charge in [0.1, 0.15) is 5.54 Å². The van der Waals surface area contributed by atoms with Crippen LogP contribution in [0.15, 0.2) is 18.2 Å². The third-order valence-electron chi connectivity index (χ3n) is 4.38. The van der Waals surface area contributed by atoms with Crippen LogP contribution in [0.1, 0.15) is 38.5 Å². The Morgan fingerprint density at radius 1 is 1.27 bits per heavy atom. The molecule has 1 amide bonds. The van der Waals surface area contributed by atoms with E-state index in [9.17, 15) is 18.8 Å². The van der Waals surface area contributed by atoms with E-state index in [1.54, 1.807) is 6.07 Å². The summed E-state index contributed by atoms with van der Waals surface area (Å²) in [6.07, 6.45) is 5.24. The summed E-state index contributed by atoms with van der Waals surface area (Å²) < 4.78 is 34.3. The maximum Gasteiger partial charge on any atom is 0.387 e. The van der Waals surface area contributed by atoms with E-state index in [-0.39, 0.29) is 24.0 Å². The second-order valence-corrected chi connectivity index (χ2v) is 6.25. The van der Waals surface area contributed by atoms with Crippen molar-refractivity contribution < 1.29 is 23.0 Å². The number of amides is 1. The number of nitrogens with one attached hydrogen (secondary N) is 2. The Labute approximate surface area is 151 Å². The van der Waals surface area contributed by atoms with Crippen molar-refractivity contribution in [3.8, 4) is 17.6 Å². The molecule has 142 valence electrons. The summed E-state index contributed by atoms with van der Waals surface area (Å²) in [5.74, 6) is -0.270. The second-order valence-electron chi connectivity index (χ2n) is 6.25. The molecule has 1 aliphatic carbocycles. The van der Waals surface area contributed by atoms with Crippen LogP contribution < -0.4 is 20.1 Å². The number of carbonyl (C=O) groups excluding carboxylic acids is 1. The Kier molecular flexibility index (Phi) is 7.01. The quantitative estimate of drug-likeness (QED) is 0.722. The third-order valence-corrected chi connectivity index (χ3v) is 4.38. The van der Waals surface area contributed by atoms with E-state index in [0.29, 0.717) is 18.5 Å². The molecule has 0 spiro atoms. The molecule has 2 N–H and O–H groups in total. The topological polar surface area (TPSA) is 83.4 Å². The van der Waals surface area contributed by atoms with Crippen LogP contribution in [-0.2, 0) is 4.79 Å². The zero-order chi connectivity index (χ0) is 19.0. The second kappa shape index (κ2) is 9.22. The Balaban J connectivity index is 1.97. The first-order valence-corrected chi connectivity index (χ1v) is 8.57. The lowest BCUT2D eigenvalue weighted by molar-refractivity contribution is -0.120. The fourth-order valence-corrected chi connectivity index (χ4v) is 3.07. The molecule has 0 radical (unpaired) electrons. The molecular weight excluding hydrogens is 344 g/mol. The van der Waals surface area contributed by atoms with E-state index < -0.39 is 12.2 Å². The molecule has 1 aromatic rings. The molecule has 1 aromatic carbocycles. The van der Waals surface area contributed by atoms with Crippen LogP contribution in [0.2, 0.25) is 0 Å². The molecule has 0 atom stereocenters. The minimum absolute atomic E-state index is 0.0795. The van der Waals surface area contributed by atoms with Crippen molar-refractivity contribution in [2.24, 2.45) is 0 Å². The molecule has 26 heavy (non-hydrogen) atoms. The molecule has 1 aliphatic rings. The molecule has 0 heterocycles. The minimum Gasteiger partial charge on any atom is -0.493 e. The van der Waals surface area contributed by atoms with E-state index in [4.69, 9.17) is 4.74 Å². The number of anilines is 1. The first-order valence-electron chi connectivity index (χ1n) is 8.57. The summed E-state index contributed by atoms with van der Waals surface area (Å²) >= 11 is 0. The first-order chi connectivity index (χ1) is 12.5. The van der Waals surface area contributed by atoms with Gasteiger partial charge < -0.3 is 20.1 Å². The van der Waals surface area contributed by atoms with Gasteiger partial charge in [-0.25, -0.2) is 0 Å². The van der Waals surface area contributed by atoms with E-state index in [0.717, 1.165) is 25.7 Å². The summed E-state index contributed by atoms with van der Waals surface area (Å²) in [5.41, 5.74) is -0.387. The van der Waals surface area contributed by atoms with Crippen molar-refractivity contribution in [1.82, 2.24) is 5.32 Å². The van der Waals surface area contributed by atoms with E-state index in [1.165, 1.54) is 19.2 Å². The van der Waals surface area contributed by atoms with Gasteiger partial charge in [0.05, 0.1) is 19.7 Å². The predicted octanol–water partition coefficient (Wildman–Crippen LogP) is 3.44. The minimum atomic E-state index is -2.98. The van der Waals surface area contributed by atoms with Crippen LogP contribution in [0.5, 0.6) is 11.5 Å². The highest BCUT2D eigenvalue weighted by Crippen LogP contribution is 2.31. The zero-order valence-electron chi connectivity index (χ0n) is 14.7. The summed E-state index contributed by atoms with van der Waals surface area (Å²) in [6, 6.07) is 6.66. The molecule has 0 aromatic heterocycles. The molecule has 6 nitrogen and oxygen atoms in total. The van der Waals surface area contributed by atoms with Crippen molar-refractivity contribution >= 4 is 11.6 Å². The van der Waals surface area contributed by atoms with Crippen molar-refractivity contribution in [3.63, 3.8) is 0 Å². The number of nitriles is 1. The highest BCUT2D eigenvalue weighted by Gasteiger charge is 2.32. The van der Waals surface area contributed by atoms with Crippen LogP contribution in [0.3, 0.4) is 0 Å². The van der Waals surface area contributed by atoms with Gasteiger partial charge in [0.15, 0.2) is 11.5 Å². The van der Waals surface area contributed by atoms with Gasteiger partial charge in [-0.1, -0.05) is 25.7 Å². The van der Waals surface area contributed by atoms with E-state index >= 15 is 0 Å². The van der Waals surface area contributed by atoms with Gasteiger partial charge in [0.2, 0.25) is 5.91 Å². The molecule has 8 heteroatoms. The molecule has 0 unspecified atom stereocenters. The van der Waals surface area contributed by atoms with Crippen LogP contribution in [0.4, 0.5) is 14.5 Å². The lowest BCUT2D eigenvalue weighted by Crippen LogP contribution is -2.48. The molecular formula is C18H23F2N3O3. The number of alkyl halides is 2. The molecule has 0 bridgehead atoms. The SMILES string of the molecule is COc1ccc(NCC(=O)NC2(C#N)CCCCCC2)cc1OC(F)F. The highest BCUT2D eigenvalue weighted by atomic mass is 19.3. The number of hydrogen-bond acceptors (Lipinski definition) is 5. The smallest absolute Gasteiger partial charge is 0.387 e. The Morgan fingerprint density at radius 2 is 1.96 bits per heavy atom. The van der Waals surface area contributed by atoms with E-state index in [2.05, 4.69) is 21.4 Å². The van der Waals surface area contributed by atoms with Gasteiger partial charge in [0.25, 0.3) is 0 Å². The van der Waals surface area contributed by atoms with Crippen LogP contribution in [0.25, 0.3) is 0 Å². The highest BCUT2D eigenvalue weighted by molar-refractivity contribution is 5.82. The number of nitrogens with zero attached hydrogens (tertiary/aromatic N) is 1. The lowest BCUT2D eigenvalue weighted by atomic mass is 9.92. The maximum absolute atomic E-state index is 12.5. The lowest BCUT2D eigenvalue weighted by Gasteiger charge is -2.26. The Hall–Kier alpha value is -2.56. The van der Waals surface area contributed by atoms with Crippen molar-refractivity contribution in [3.05, 3.63) is 18.2 Å². The Morgan fingerprint density at radius 3 is 2.54 bits per heavy atom. The van der Waals surface area contributed by atoms with Gasteiger partial charge >= 0.3 is 6.61 Å². The summed E-state index contributed by atoms with van der Waals surface area (Å²) in [6.45, 7) is -3.06. The van der Waals surface area contributed by atoms with Crippen LogP contribution in [-0.4, -0.2) is 31.7 Å². The molecule has 2 rings (SSSR count). The number of hydrogen-bond donors (Lipinski definition) is 2. The van der Waals surface area contributed by atoms with Gasteiger partial charge in [-0.3, -0.25) is 4.79 Å². The fraction of sp³-hybridized carbons (Fsp3) is 0.556. The van der Waals surface area contributed by atoms with E-state index in [1.807, 2.05) is 0 Å². The molecule has 1 fully saturated rings. The third kappa shape index (κ3) is 5.48. The number of methoxy groups -OCH3 is 1. The van der Waals surface area contributed by atoms with Gasteiger partial charge in [0, 0.05) is 11.8 Å². The summed E-state index contributed by atoms with van der Waals surface area (Å²) in [7, 11) is 1.35. The molecule has 0 aliphatic heterocycles. The van der Waals surface area contributed by atoms with Crippen LogP contribution in [0, 0.1) is 11.3 Å². The van der Waals surface area contributed by atoms with Crippen LogP contribution >= 0.6 is 0 Å². The normalized spacial score (nSPS) is 16.3. The van der Waals surface area contributed by atoms with Gasteiger partial charge in [-0.05, 0) is 25.0 Å². The standard InChI is InChI=1S/C18H23F2N3O3/c1-25-14-7-6-13(10-15(14)26-17(19)20)22-11-16(24)23-18(12-21)8-4-2-3-5-9-18/h6-7,10,17,22H,2-5,8-9,11H2,1H3,(H,23,24). The molecule has 0 saturated heterocycles. The fourth-order valence-electron chi connectivity index (χ4n) is 3.07. The van der Waals surface area contributed by atoms with Gasteiger partial charge in [-0.2, -0.15) is 14.0 Å². The average Bonchev–Trinajstić information content (AvgIpc) is 2.85.